The highest BCUT2D eigenvalue weighted by Gasteiger charge is 2.47. The molecule has 1 amide bonds. The first-order chi connectivity index (χ1) is 9.12. The fourth-order valence-electron chi connectivity index (χ4n) is 3.38. The number of rotatable bonds is 2. The molecular formula is C16H22N2O. The summed E-state index contributed by atoms with van der Waals surface area (Å²) in [6, 6.07) is 8.38. The number of benzene rings is 1. The molecule has 3 nitrogen and oxygen atoms in total. The smallest absolute Gasteiger partial charge is 0.234 e. The van der Waals surface area contributed by atoms with Crippen LogP contribution in [0.5, 0.6) is 0 Å². The summed E-state index contributed by atoms with van der Waals surface area (Å²) in [6.07, 6.45) is 1.86. The molecule has 0 aromatic heterocycles. The second-order valence-electron chi connectivity index (χ2n) is 6.32. The van der Waals surface area contributed by atoms with Gasteiger partial charge in [0, 0.05) is 18.8 Å². The standard InChI is InChI=1S/C16H22N2O/c1-12(2)10-18-14-6-4-3-5-13(14)9-16(15(18)19)7-8-17-11-16/h3-6,12,17H,7-11H2,1-2H3/t16-/m0/s1. The van der Waals surface area contributed by atoms with E-state index in [1.165, 1.54) is 5.56 Å². The molecule has 2 aliphatic heterocycles. The first-order valence-electron chi connectivity index (χ1n) is 7.23. The van der Waals surface area contributed by atoms with Gasteiger partial charge in [-0.05, 0) is 36.9 Å². The van der Waals surface area contributed by atoms with E-state index in [2.05, 4.69) is 37.4 Å². The molecule has 1 aromatic carbocycles. The largest absolute Gasteiger partial charge is 0.316 e. The molecule has 1 N–H and O–H groups in total. The zero-order valence-electron chi connectivity index (χ0n) is 11.8. The molecule has 0 radical (unpaired) electrons. The highest BCUT2D eigenvalue weighted by molar-refractivity contribution is 6.01. The van der Waals surface area contributed by atoms with Crippen LogP contribution < -0.4 is 10.2 Å². The summed E-state index contributed by atoms with van der Waals surface area (Å²) in [4.78, 5) is 15.0. The van der Waals surface area contributed by atoms with E-state index in [0.717, 1.165) is 38.2 Å². The van der Waals surface area contributed by atoms with Crippen molar-refractivity contribution in [1.29, 1.82) is 0 Å². The summed E-state index contributed by atoms with van der Waals surface area (Å²) in [5.41, 5.74) is 2.26. The summed E-state index contributed by atoms with van der Waals surface area (Å²) < 4.78 is 0. The Bertz CT molecular complexity index is 489. The van der Waals surface area contributed by atoms with Gasteiger partial charge in [0.25, 0.3) is 0 Å². The van der Waals surface area contributed by atoms with Gasteiger partial charge in [0.1, 0.15) is 0 Å². The zero-order chi connectivity index (χ0) is 13.5. The molecule has 1 spiro atoms. The van der Waals surface area contributed by atoms with Crippen molar-refractivity contribution in [2.75, 3.05) is 24.5 Å². The van der Waals surface area contributed by atoms with E-state index >= 15 is 0 Å². The van der Waals surface area contributed by atoms with Crippen LogP contribution in [0, 0.1) is 11.3 Å². The average molecular weight is 258 g/mol. The molecule has 3 rings (SSSR count). The number of fused-ring (bicyclic) bond motifs is 1. The number of nitrogens with one attached hydrogen (secondary N) is 1. The maximum atomic E-state index is 12.9. The third-order valence-corrected chi connectivity index (χ3v) is 4.30. The van der Waals surface area contributed by atoms with Crippen molar-refractivity contribution in [2.45, 2.75) is 26.7 Å². The normalized spacial score (nSPS) is 26.3. The van der Waals surface area contributed by atoms with Crippen LogP contribution in [0.1, 0.15) is 25.8 Å². The number of anilines is 1. The average Bonchev–Trinajstić information content (AvgIpc) is 2.84. The molecule has 2 aliphatic rings. The maximum Gasteiger partial charge on any atom is 0.234 e. The monoisotopic (exact) mass is 258 g/mol. The van der Waals surface area contributed by atoms with E-state index in [-0.39, 0.29) is 5.41 Å². The fourth-order valence-corrected chi connectivity index (χ4v) is 3.38. The van der Waals surface area contributed by atoms with Gasteiger partial charge >= 0.3 is 0 Å². The minimum absolute atomic E-state index is 0.191. The van der Waals surface area contributed by atoms with Crippen molar-refractivity contribution in [3.63, 3.8) is 0 Å². The summed E-state index contributed by atoms with van der Waals surface area (Å²) in [6.45, 7) is 6.95. The number of carbonyl (C=O) groups is 1. The number of hydrogen-bond donors (Lipinski definition) is 1. The molecule has 1 atom stereocenters. The first kappa shape index (κ1) is 12.7. The van der Waals surface area contributed by atoms with Crippen molar-refractivity contribution in [3.8, 4) is 0 Å². The number of hydrogen-bond acceptors (Lipinski definition) is 2. The molecule has 0 aliphatic carbocycles. The lowest BCUT2D eigenvalue weighted by Crippen LogP contribution is -2.51. The topological polar surface area (TPSA) is 32.3 Å². The van der Waals surface area contributed by atoms with Gasteiger partial charge in [-0.1, -0.05) is 32.0 Å². The van der Waals surface area contributed by atoms with Crippen molar-refractivity contribution >= 4 is 11.6 Å². The SMILES string of the molecule is CC(C)CN1C(=O)[C@@]2(CCNC2)Cc2ccccc21. The lowest BCUT2D eigenvalue weighted by molar-refractivity contribution is -0.128. The van der Waals surface area contributed by atoms with Crippen molar-refractivity contribution in [3.05, 3.63) is 29.8 Å². The minimum atomic E-state index is -0.191. The summed E-state index contributed by atoms with van der Waals surface area (Å²) in [5, 5.41) is 3.37. The Balaban J connectivity index is 2.03. The molecular weight excluding hydrogens is 236 g/mol. The van der Waals surface area contributed by atoms with Gasteiger partial charge in [0.2, 0.25) is 5.91 Å². The van der Waals surface area contributed by atoms with Crippen molar-refractivity contribution in [1.82, 2.24) is 5.32 Å². The predicted octanol–water partition coefficient (Wildman–Crippen LogP) is 2.21. The Kier molecular flexibility index (Phi) is 3.09. The second kappa shape index (κ2) is 4.64. The van der Waals surface area contributed by atoms with E-state index in [1.807, 2.05) is 11.0 Å². The second-order valence-corrected chi connectivity index (χ2v) is 6.32. The van der Waals surface area contributed by atoms with Crippen LogP contribution in [0.2, 0.25) is 0 Å². The Hall–Kier alpha value is -1.35. The Morgan fingerprint density at radius 3 is 2.84 bits per heavy atom. The predicted molar refractivity (Wildman–Crippen MR) is 77.3 cm³/mol. The van der Waals surface area contributed by atoms with Crippen LogP contribution in [0.3, 0.4) is 0 Å². The Morgan fingerprint density at radius 1 is 1.37 bits per heavy atom. The van der Waals surface area contributed by atoms with Crippen molar-refractivity contribution in [2.24, 2.45) is 11.3 Å². The molecule has 1 aromatic rings. The van der Waals surface area contributed by atoms with E-state index < -0.39 is 0 Å². The summed E-state index contributed by atoms with van der Waals surface area (Å²) in [7, 11) is 0. The highest BCUT2D eigenvalue weighted by atomic mass is 16.2. The Labute approximate surface area is 115 Å². The third-order valence-electron chi connectivity index (χ3n) is 4.30. The van der Waals surface area contributed by atoms with Gasteiger partial charge in [-0.3, -0.25) is 4.79 Å². The molecule has 0 unspecified atom stereocenters. The van der Waals surface area contributed by atoms with Gasteiger partial charge in [0.05, 0.1) is 5.41 Å². The van der Waals surface area contributed by atoms with Gasteiger partial charge < -0.3 is 10.2 Å². The molecule has 0 saturated carbocycles. The molecule has 102 valence electrons. The van der Waals surface area contributed by atoms with Crippen LogP contribution >= 0.6 is 0 Å². The number of amides is 1. The highest BCUT2D eigenvalue weighted by Crippen LogP contribution is 2.41. The first-order valence-corrected chi connectivity index (χ1v) is 7.23. The van der Waals surface area contributed by atoms with Crippen LogP contribution in [-0.2, 0) is 11.2 Å². The van der Waals surface area contributed by atoms with Gasteiger partial charge in [0.15, 0.2) is 0 Å². The van der Waals surface area contributed by atoms with E-state index in [9.17, 15) is 4.79 Å². The Morgan fingerprint density at radius 2 is 2.16 bits per heavy atom. The number of para-hydroxylation sites is 1. The fraction of sp³-hybridized carbons (Fsp3) is 0.562. The van der Waals surface area contributed by atoms with E-state index in [0.29, 0.717) is 11.8 Å². The van der Waals surface area contributed by atoms with Crippen LogP contribution in [0.25, 0.3) is 0 Å². The van der Waals surface area contributed by atoms with Gasteiger partial charge in [-0.2, -0.15) is 0 Å². The lowest BCUT2D eigenvalue weighted by atomic mass is 9.76. The minimum Gasteiger partial charge on any atom is -0.316 e. The van der Waals surface area contributed by atoms with Crippen LogP contribution in [-0.4, -0.2) is 25.5 Å². The molecule has 0 bridgehead atoms. The van der Waals surface area contributed by atoms with E-state index in [4.69, 9.17) is 0 Å². The number of nitrogens with zero attached hydrogens (tertiary/aromatic N) is 1. The molecule has 19 heavy (non-hydrogen) atoms. The van der Waals surface area contributed by atoms with Gasteiger partial charge in [-0.15, -0.1) is 0 Å². The lowest BCUT2D eigenvalue weighted by Gasteiger charge is -2.41. The van der Waals surface area contributed by atoms with Crippen LogP contribution in [0.4, 0.5) is 5.69 Å². The molecule has 1 saturated heterocycles. The maximum absolute atomic E-state index is 12.9. The van der Waals surface area contributed by atoms with Crippen LogP contribution in [0.15, 0.2) is 24.3 Å². The van der Waals surface area contributed by atoms with E-state index in [1.54, 1.807) is 0 Å². The molecule has 2 heterocycles. The zero-order valence-corrected chi connectivity index (χ0v) is 11.8. The van der Waals surface area contributed by atoms with Crippen molar-refractivity contribution < 1.29 is 4.79 Å². The quantitative estimate of drug-likeness (QED) is 0.882. The molecule has 1 fully saturated rings. The summed E-state index contributed by atoms with van der Waals surface area (Å²) in [5.74, 6) is 0.811. The summed E-state index contributed by atoms with van der Waals surface area (Å²) >= 11 is 0. The molecule has 3 heteroatoms. The number of carbonyl (C=O) groups excluding carboxylic acids is 1. The third kappa shape index (κ3) is 2.06. The van der Waals surface area contributed by atoms with Gasteiger partial charge in [-0.25, -0.2) is 0 Å².